The average Bonchev–Trinajstić information content (AvgIpc) is 2.81. The van der Waals surface area contributed by atoms with Crippen LogP contribution in [0, 0.1) is 18.8 Å². The molecule has 2 saturated heterocycles. The average molecular weight is 411 g/mol. The minimum Gasteiger partial charge on any atom is -0.396 e. The minimum atomic E-state index is -0.0157. The van der Waals surface area contributed by atoms with Gasteiger partial charge in [-0.25, -0.2) is 15.0 Å². The van der Waals surface area contributed by atoms with Crippen molar-refractivity contribution in [1.82, 2.24) is 15.0 Å². The van der Waals surface area contributed by atoms with E-state index in [0.29, 0.717) is 11.7 Å². The number of carbonyl (C=O) groups excluding carboxylic acids is 1. The molecule has 4 heterocycles. The Morgan fingerprint density at radius 3 is 2.57 bits per heavy atom. The zero-order valence-electron chi connectivity index (χ0n) is 17.5. The summed E-state index contributed by atoms with van der Waals surface area (Å²) in [5.41, 5.74) is 1.07. The highest BCUT2D eigenvalue weighted by Gasteiger charge is 2.27. The van der Waals surface area contributed by atoms with E-state index < -0.39 is 0 Å². The standard InChI is InChI=1S/C22H30N6O2/c1-16-4-5-19(23-12-16)26-22(30)18-6-9-27(10-7-18)20-11-21(25-15-24-20)28-8-2-3-17(13-28)14-29/h4-5,11-12,15,17-18,29H,2-3,6-10,13-14H2,1H3,(H,23,26,30). The van der Waals surface area contributed by atoms with Crippen molar-refractivity contribution in [3.63, 3.8) is 0 Å². The molecule has 4 rings (SSSR count). The minimum absolute atomic E-state index is 0.0157. The van der Waals surface area contributed by atoms with Crippen LogP contribution in [0.1, 0.15) is 31.2 Å². The Morgan fingerprint density at radius 1 is 1.10 bits per heavy atom. The second-order valence-electron chi connectivity index (χ2n) is 8.34. The summed E-state index contributed by atoms with van der Waals surface area (Å²) < 4.78 is 0. The fraction of sp³-hybridized carbons (Fsp3) is 0.545. The molecule has 0 saturated carbocycles. The van der Waals surface area contributed by atoms with Crippen LogP contribution >= 0.6 is 0 Å². The van der Waals surface area contributed by atoms with Gasteiger partial charge in [0.1, 0.15) is 23.8 Å². The van der Waals surface area contributed by atoms with Crippen LogP contribution in [-0.2, 0) is 4.79 Å². The molecule has 0 spiro atoms. The molecule has 2 aliphatic rings. The molecular weight excluding hydrogens is 380 g/mol. The molecule has 1 atom stereocenters. The fourth-order valence-corrected chi connectivity index (χ4v) is 4.25. The van der Waals surface area contributed by atoms with Crippen molar-refractivity contribution < 1.29 is 9.90 Å². The molecule has 0 radical (unpaired) electrons. The highest BCUT2D eigenvalue weighted by molar-refractivity contribution is 5.91. The van der Waals surface area contributed by atoms with Gasteiger partial charge < -0.3 is 20.2 Å². The van der Waals surface area contributed by atoms with Crippen LogP contribution in [-0.4, -0.2) is 58.8 Å². The summed E-state index contributed by atoms with van der Waals surface area (Å²) in [4.78, 5) is 30.3. The number of aliphatic hydroxyl groups is 1. The Morgan fingerprint density at radius 2 is 1.87 bits per heavy atom. The molecular formula is C22H30N6O2. The van der Waals surface area contributed by atoms with E-state index in [2.05, 4.69) is 30.1 Å². The second kappa shape index (κ2) is 9.38. The Balaban J connectivity index is 1.33. The predicted octanol–water partition coefficient (Wildman–Crippen LogP) is 2.24. The number of aliphatic hydroxyl groups excluding tert-OH is 1. The second-order valence-corrected chi connectivity index (χ2v) is 8.34. The molecule has 1 amide bonds. The van der Waals surface area contributed by atoms with E-state index in [1.54, 1.807) is 12.5 Å². The monoisotopic (exact) mass is 410 g/mol. The number of carbonyl (C=O) groups is 1. The third-order valence-corrected chi connectivity index (χ3v) is 6.09. The lowest BCUT2D eigenvalue weighted by atomic mass is 9.96. The lowest BCUT2D eigenvalue weighted by molar-refractivity contribution is -0.120. The fourth-order valence-electron chi connectivity index (χ4n) is 4.25. The summed E-state index contributed by atoms with van der Waals surface area (Å²) in [5.74, 6) is 2.77. The number of aryl methyl sites for hydroxylation is 1. The summed E-state index contributed by atoms with van der Waals surface area (Å²) in [6.07, 6.45) is 7.09. The van der Waals surface area contributed by atoms with E-state index in [1.165, 1.54) is 0 Å². The Hall–Kier alpha value is -2.74. The van der Waals surface area contributed by atoms with Gasteiger partial charge in [-0.1, -0.05) is 6.07 Å². The molecule has 30 heavy (non-hydrogen) atoms. The Labute approximate surface area is 177 Å². The lowest BCUT2D eigenvalue weighted by Crippen LogP contribution is -2.39. The smallest absolute Gasteiger partial charge is 0.228 e. The first-order valence-electron chi connectivity index (χ1n) is 10.8. The number of nitrogens with zero attached hydrogens (tertiary/aromatic N) is 5. The van der Waals surface area contributed by atoms with Gasteiger partial charge in [0, 0.05) is 51.0 Å². The van der Waals surface area contributed by atoms with Crippen molar-refractivity contribution in [3.8, 4) is 0 Å². The summed E-state index contributed by atoms with van der Waals surface area (Å²) in [6, 6.07) is 5.83. The number of amides is 1. The van der Waals surface area contributed by atoms with Crippen molar-refractivity contribution in [1.29, 1.82) is 0 Å². The summed E-state index contributed by atoms with van der Waals surface area (Å²) in [7, 11) is 0. The van der Waals surface area contributed by atoms with Gasteiger partial charge in [0.15, 0.2) is 0 Å². The molecule has 0 bridgehead atoms. The number of nitrogens with one attached hydrogen (secondary N) is 1. The number of anilines is 3. The van der Waals surface area contributed by atoms with Gasteiger partial charge in [0.25, 0.3) is 0 Å². The van der Waals surface area contributed by atoms with E-state index in [9.17, 15) is 9.90 Å². The summed E-state index contributed by atoms with van der Waals surface area (Å²) in [6.45, 7) is 5.57. The lowest BCUT2D eigenvalue weighted by Gasteiger charge is -2.34. The number of piperidine rings is 2. The van der Waals surface area contributed by atoms with Gasteiger partial charge in [-0.2, -0.15) is 0 Å². The predicted molar refractivity (Wildman–Crippen MR) is 117 cm³/mol. The number of hydrogen-bond acceptors (Lipinski definition) is 7. The third-order valence-electron chi connectivity index (χ3n) is 6.09. The molecule has 2 fully saturated rings. The van der Waals surface area contributed by atoms with E-state index in [0.717, 1.165) is 69.1 Å². The van der Waals surface area contributed by atoms with Crippen LogP contribution in [0.2, 0.25) is 0 Å². The van der Waals surface area contributed by atoms with Crippen molar-refractivity contribution in [2.24, 2.45) is 11.8 Å². The van der Waals surface area contributed by atoms with Crippen LogP contribution in [0.3, 0.4) is 0 Å². The number of pyridine rings is 1. The van der Waals surface area contributed by atoms with Crippen molar-refractivity contribution in [3.05, 3.63) is 36.3 Å². The van der Waals surface area contributed by atoms with Crippen LogP contribution in [0.25, 0.3) is 0 Å². The van der Waals surface area contributed by atoms with Gasteiger partial charge >= 0.3 is 0 Å². The highest BCUT2D eigenvalue weighted by Crippen LogP contribution is 2.27. The molecule has 2 aromatic rings. The molecule has 0 aliphatic carbocycles. The third kappa shape index (κ3) is 4.87. The first-order valence-corrected chi connectivity index (χ1v) is 10.8. The zero-order chi connectivity index (χ0) is 20.9. The molecule has 8 heteroatoms. The zero-order valence-corrected chi connectivity index (χ0v) is 17.5. The molecule has 0 aromatic carbocycles. The maximum absolute atomic E-state index is 12.6. The van der Waals surface area contributed by atoms with Crippen LogP contribution in [0.5, 0.6) is 0 Å². The molecule has 1 unspecified atom stereocenters. The van der Waals surface area contributed by atoms with E-state index in [1.807, 2.05) is 25.1 Å². The molecule has 2 aromatic heterocycles. The van der Waals surface area contributed by atoms with Crippen LogP contribution in [0.4, 0.5) is 17.5 Å². The van der Waals surface area contributed by atoms with Gasteiger partial charge in [0.05, 0.1) is 0 Å². The topological polar surface area (TPSA) is 94.5 Å². The van der Waals surface area contributed by atoms with Gasteiger partial charge in [-0.3, -0.25) is 4.79 Å². The van der Waals surface area contributed by atoms with E-state index >= 15 is 0 Å². The Kier molecular flexibility index (Phi) is 6.42. The molecule has 2 N–H and O–H groups in total. The summed E-state index contributed by atoms with van der Waals surface area (Å²) >= 11 is 0. The molecule has 8 nitrogen and oxygen atoms in total. The van der Waals surface area contributed by atoms with Crippen molar-refractivity contribution in [2.75, 3.05) is 47.9 Å². The number of rotatable bonds is 5. The van der Waals surface area contributed by atoms with E-state index in [-0.39, 0.29) is 18.4 Å². The van der Waals surface area contributed by atoms with E-state index in [4.69, 9.17) is 0 Å². The van der Waals surface area contributed by atoms with Crippen LogP contribution < -0.4 is 15.1 Å². The SMILES string of the molecule is Cc1ccc(NC(=O)C2CCN(c3cc(N4CCCC(CO)C4)ncn3)CC2)nc1. The van der Waals surface area contributed by atoms with Crippen LogP contribution in [0.15, 0.2) is 30.7 Å². The molecule has 160 valence electrons. The van der Waals surface area contributed by atoms with Crippen molar-refractivity contribution in [2.45, 2.75) is 32.6 Å². The van der Waals surface area contributed by atoms with Gasteiger partial charge in [-0.15, -0.1) is 0 Å². The largest absolute Gasteiger partial charge is 0.396 e. The van der Waals surface area contributed by atoms with Gasteiger partial charge in [-0.05, 0) is 50.2 Å². The normalized spacial score (nSPS) is 20.3. The highest BCUT2D eigenvalue weighted by atomic mass is 16.3. The van der Waals surface area contributed by atoms with Gasteiger partial charge in [0.2, 0.25) is 5.91 Å². The number of aromatic nitrogens is 3. The first-order chi connectivity index (χ1) is 14.6. The maximum atomic E-state index is 12.6. The first kappa shape index (κ1) is 20.5. The summed E-state index contributed by atoms with van der Waals surface area (Å²) in [5, 5.41) is 12.4. The quantitative estimate of drug-likeness (QED) is 0.781. The maximum Gasteiger partial charge on any atom is 0.228 e. The van der Waals surface area contributed by atoms with Crippen molar-refractivity contribution >= 4 is 23.4 Å². The molecule has 2 aliphatic heterocycles. The Bertz CT molecular complexity index is 851. The number of hydrogen-bond donors (Lipinski definition) is 2.